The van der Waals surface area contributed by atoms with Gasteiger partial charge in [-0.05, 0) is 57.4 Å². The molecule has 1 unspecified atom stereocenters. The first-order valence-electron chi connectivity index (χ1n) is 15.1. The molecule has 15 heteroatoms. The molecule has 4 aromatic rings. The van der Waals surface area contributed by atoms with Crippen molar-refractivity contribution < 1.29 is 37.3 Å². The fraction of sp³-hybridized carbons (Fsp3) is 0.438. The van der Waals surface area contributed by atoms with Crippen molar-refractivity contribution in [2.24, 2.45) is 0 Å². The minimum Gasteiger partial charge on any atom is -0.491 e. The van der Waals surface area contributed by atoms with E-state index >= 15 is 0 Å². The van der Waals surface area contributed by atoms with Crippen molar-refractivity contribution in [2.75, 3.05) is 32.9 Å². The number of hydrogen-bond acceptors (Lipinski definition) is 9. The Labute approximate surface area is 276 Å². The van der Waals surface area contributed by atoms with Gasteiger partial charge in [0.25, 0.3) is 5.56 Å². The van der Waals surface area contributed by atoms with E-state index in [9.17, 15) is 27.9 Å². The van der Waals surface area contributed by atoms with Crippen LogP contribution >= 0.6 is 22.9 Å². The number of ether oxygens (including phenoxy) is 3. The number of aromatic carboxylic acids is 1. The number of carboxylic acid groups (broad SMARTS) is 1. The Hall–Kier alpha value is -3.56. The van der Waals surface area contributed by atoms with Crippen molar-refractivity contribution in [3.05, 3.63) is 73.4 Å². The maximum absolute atomic E-state index is 13.8. The molecule has 250 valence electrons. The number of benzene rings is 1. The van der Waals surface area contributed by atoms with Gasteiger partial charge in [0.15, 0.2) is 0 Å². The quantitative estimate of drug-likeness (QED) is 0.237. The van der Waals surface area contributed by atoms with Crippen LogP contribution < -0.4 is 10.3 Å². The molecule has 1 saturated heterocycles. The second kappa shape index (κ2) is 13.5. The van der Waals surface area contributed by atoms with Gasteiger partial charge in [-0.25, -0.2) is 9.78 Å². The summed E-state index contributed by atoms with van der Waals surface area (Å²) in [7, 11) is 0. The Balaban J connectivity index is 1.19. The molecule has 2 aliphatic rings. The highest BCUT2D eigenvalue weighted by Crippen LogP contribution is 2.40. The minimum atomic E-state index is -4.72. The fourth-order valence-corrected chi connectivity index (χ4v) is 7.50. The van der Waals surface area contributed by atoms with Crippen molar-refractivity contribution >= 4 is 39.1 Å². The van der Waals surface area contributed by atoms with Gasteiger partial charge in [0.1, 0.15) is 18.2 Å². The lowest BCUT2D eigenvalue weighted by molar-refractivity contribution is -0.333. The molecule has 1 fully saturated rings. The number of thiophene rings is 1. The smallest absolute Gasteiger partial charge is 0.491 e. The Kier molecular flexibility index (Phi) is 9.59. The molecule has 0 radical (unpaired) electrons. The zero-order valence-electron chi connectivity index (χ0n) is 25.6. The third-order valence-corrected chi connectivity index (χ3v) is 9.74. The summed E-state index contributed by atoms with van der Waals surface area (Å²) in [4.78, 5) is 36.8. The predicted molar refractivity (Wildman–Crippen MR) is 170 cm³/mol. The number of aryl methyl sites for hydroxylation is 3. The molecule has 47 heavy (non-hydrogen) atoms. The zero-order chi connectivity index (χ0) is 33.5. The fourth-order valence-electron chi connectivity index (χ4n) is 6.32. The van der Waals surface area contributed by atoms with Crippen molar-refractivity contribution in [1.29, 1.82) is 0 Å². The second-order valence-electron chi connectivity index (χ2n) is 11.6. The van der Waals surface area contributed by atoms with Gasteiger partial charge in [-0.15, -0.1) is 24.5 Å². The van der Waals surface area contributed by atoms with Crippen LogP contribution in [0.2, 0.25) is 5.02 Å². The normalized spacial score (nSPS) is 18.8. The molecular weight excluding hydrogens is 661 g/mol. The van der Waals surface area contributed by atoms with E-state index in [4.69, 9.17) is 26.1 Å². The summed E-state index contributed by atoms with van der Waals surface area (Å²) in [6.45, 7) is 4.48. The Bertz CT molecular complexity index is 1880. The number of hydrogen-bond donors (Lipinski definition) is 1. The van der Waals surface area contributed by atoms with Crippen molar-refractivity contribution in [1.82, 2.24) is 19.4 Å². The van der Waals surface area contributed by atoms with E-state index < -0.39 is 25.0 Å². The van der Waals surface area contributed by atoms with Gasteiger partial charge in [0.2, 0.25) is 0 Å². The summed E-state index contributed by atoms with van der Waals surface area (Å²) in [5, 5.41) is 11.7. The van der Waals surface area contributed by atoms with E-state index in [1.165, 1.54) is 11.3 Å². The van der Waals surface area contributed by atoms with Crippen LogP contribution in [-0.4, -0.2) is 81.9 Å². The minimum absolute atomic E-state index is 0.0298. The summed E-state index contributed by atoms with van der Waals surface area (Å²) in [5.74, 6) is 0.0204. The van der Waals surface area contributed by atoms with Crippen molar-refractivity contribution in [3.63, 3.8) is 0 Å². The molecule has 0 bridgehead atoms. The molecule has 4 heterocycles. The SMILES string of the molecule is Cc1cc(-c2cc(Cl)ccc2OCCn2c(C)nc3c(c2=O)CC(N2CCO[C@@H](COC(F)(F)F)C2)CC3)c2scc(C(=O)O)c2n1. The van der Waals surface area contributed by atoms with Crippen molar-refractivity contribution in [3.8, 4) is 16.9 Å². The van der Waals surface area contributed by atoms with Gasteiger partial charge in [-0.2, -0.15) is 0 Å². The summed E-state index contributed by atoms with van der Waals surface area (Å²) in [5.41, 5.74) is 3.77. The first-order chi connectivity index (χ1) is 22.4. The molecule has 1 N–H and O–H groups in total. The Morgan fingerprint density at radius 2 is 2.02 bits per heavy atom. The standard InChI is InChI=1S/C32H32ClF3N4O6S/c1-17-11-23(29-28(37-17)25(16-47-29)31(42)43)22-12-19(33)3-6-27(22)45-10-8-40-18(2)38-26-5-4-20(13-24(26)30(40)41)39-7-9-44-21(14-39)15-46-32(34,35)36/h3,6,11-12,16,20-21H,4-5,7-10,13-15H2,1-2H3,(H,42,43)/t20?,21-/m1/s1. The number of carbonyl (C=O) groups is 1. The predicted octanol–water partition coefficient (Wildman–Crippen LogP) is 5.66. The van der Waals surface area contributed by atoms with E-state index in [2.05, 4.69) is 14.6 Å². The molecule has 1 aromatic carbocycles. The zero-order valence-corrected chi connectivity index (χ0v) is 27.2. The van der Waals surface area contributed by atoms with E-state index in [1.807, 2.05) is 6.07 Å². The maximum Gasteiger partial charge on any atom is 0.522 e. The van der Waals surface area contributed by atoms with Crippen LogP contribution in [0.4, 0.5) is 13.2 Å². The number of fused-ring (bicyclic) bond motifs is 2. The van der Waals surface area contributed by atoms with Crippen LogP contribution in [0.5, 0.6) is 5.75 Å². The van der Waals surface area contributed by atoms with Gasteiger partial charge in [0, 0.05) is 51.9 Å². The number of nitrogens with zero attached hydrogens (tertiary/aromatic N) is 4. The third kappa shape index (κ3) is 7.31. The van der Waals surface area contributed by atoms with E-state index in [1.54, 1.807) is 42.0 Å². The number of morpholine rings is 1. The first kappa shape index (κ1) is 33.3. The lowest BCUT2D eigenvalue weighted by Crippen LogP contribution is -2.51. The molecule has 1 aliphatic heterocycles. The van der Waals surface area contributed by atoms with Crippen LogP contribution in [0.3, 0.4) is 0 Å². The number of aromatic nitrogens is 3. The monoisotopic (exact) mass is 692 g/mol. The first-order valence-corrected chi connectivity index (χ1v) is 16.3. The molecule has 0 amide bonds. The number of carboxylic acids is 1. The topological polar surface area (TPSA) is 116 Å². The highest BCUT2D eigenvalue weighted by atomic mass is 35.5. The van der Waals surface area contributed by atoms with Gasteiger partial charge >= 0.3 is 12.3 Å². The maximum atomic E-state index is 13.8. The van der Waals surface area contributed by atoms with Crippen LogP contribution in [0, 0.1) is 13.8 Å². The molecule has 3 aromatic heterocycles. The van der Waals surface area contributed by atoms with Crippen LogP contribution in [0.25, 0.3) is 21.3 Å². The highest BCUT2D eigenvalue weighted by molar-refractivity contribution is 7.18. The van der Waals surface area contributed by atoms with Gasteiger partial charge < -0.3 is 14.6 Å². The Morgan fingerprint density at radius 1 is 1.21 bits per heavy atom. The molecule has 6 rings (SSSR count). The van der Waals surface area contributed by atoms with E-state index in [0.29, 0.717) is 63.0 Å². The lowest BCUT2D eigenvalue weighted by Gasteiger charge is -2.40. The molecule has 0 saturated carbocycles. The summed E-state index contributed by atoms with van der Waals surface area (Å²) in [6.07, 6.45) is -3.66. The third-order valence-electron chi connectivity index (χ3n) is 8.50. The van der Waals surface area contributed by atoms with Crippen LogP contribution in [0.1, 0.15) is 39.6 Å². The average Bonchev–Trinajstić information content (AvgIpc) is 3.46. The van der Waals surface area contributed by atoms with Gasteiger partial charge in [0.05, 0.1) is 47.3 Å². The van der Waals surface area contributed by atoms with E-state index in [-0.39, 0.29) is 43.5 Å². The highest BCUT2D eigenvalue weighted by Gasteiger charge is 2.35. The van der Waals surface area contributed by atoms with Gasteiger partial charge in [-0.1, -0.05) is 11.6 Å². The number of alkyl halides is 3. The second-order valence-corrected chi connectivity index (χ2v) is 12.9. The Morgan fingerprint density at radius 3 is 2.79 bits per heavy atom. The summed E-state index contributed by atoms with van der Waals surface area (Å²) in [6, 6.07) is 7.03. The molecule has 10 nitrogen and oxygen atoms in total. The van der Waals surface area contributed by atoms with Crippen molar-refractivity contribution in [2.45, 2.75) is 58.2 Å². The number of pyridine rings is 1. The summed E-state index contributed by atoms with van der Waals surface area (Å²) >= 11 is 7.67. The number of halogens is 4. The largest absolute Gasteiger partial charge is 0.522 e. The van der Waals surface area contributed by atoms with Crippen LogP contribution in [-0.2, 0) is 28.9 Å². The summed E-state index contributed by atoms with van der Waals surface area (Å²) < 4.78 is 55.7. The average molecular weight is 693 g/mol. The molecular formula is C32H32ClF3N4O6S. The molecule has 2 atom stereocenters. The molecule has 1 aliphatic carbocycles. The lowest BCUT2D eigenvalue weighted by atomic mass is 9.91. The van der Waals surface area contributed by atoms with E-state index in [0.717, 1.165) is 17.7 Å². The molecule has 0 spiro atoms. The van der Waals surface area contributed by atoms with Crippen LogP contribution in [0.15, 0.2) is 34.4 Å². The van der Waals surface area contributed by atoms with Gasteiger partial charge in [-0.3, -0.25) is 24.0 Å². The number of rotatable bonds is 9.